The van der Waals surface area contributed by atoms with E-state index in [-0.39, 0.29) is 12.5 Å². The largest absolute Gasteiger partial charge is 0.376 e. The lowest BCUT2D eigenvalue weighted by Gasteiger charge is -2.28. The lowest BCUT2D eigenvalue weighted by atomic mass is 9.98. The number of anilines is 2. The van der Waals surface area contributed by atoms with Gasteiger partial charge in [-0.2, -0.15) is 4.31 Å². The van der Waals surface area contributed by atoms with Crippen molar-refractivity contribution in [3.05, 3.63) is 59.2 Å². The normalized spacial score (nSPS) is 15.4. The van der Waals surface area contributed by atoms with E-state index in [9.17, 15) is 13.2 Å². The maximum Gasteiger partial charge on any atom is 0.243 e. The molecule has 2 N–H and O–H groups in total. The van der Waals surface area contributed by atoms with E-state index in [1.807, 2.05) is 30.3 Å². The second-order valence-corrected chi connectivity index (χ2v) is 9.61. The van der Waals surface area contributed by atoms with Crippen LogP contribution in [-0.2, 0) is 27.8 Å². The van der Waals surface area contributed by atoms with Crippen LogP contribution in [-0.4, -0.2) is 38.0 Å². The van der Waals surface area contributed by atoms with Gasteiger partial charge in [-0.15, -0.1) is 0 Å². The lowest BCUT2D eigenvalue weighted by molar-refractivity contribution is -0.114. The Morgan fingerprint density at radius 3 is 2.55 bits per heavy atom. The van der Waals surface area contributed by atoms with E-state index < -0.39 is 10.0 Å². The van der Waals surface area contributed by atoms with Gasteiger partial charge in [-0.3, -0.25) is 4.79 Å². The Balaban J connectivity index is 1.60. The number of carbonyl (C=O) groups excluding carboxylic acids is 1. The fraction of sp³-hybridized carbons (Fsp3) is 0.409. The third-order valence-corrected chi connectivity index (χ3v) is 6.76. The van der Waals surface area contributed by atoms with Crippen LogP contribution in [0.15, 0.2) is 42.5 Å². The van der Waals surface area contributed by atoms with Gasteiger partial charge in [-0.25, -0.2) is 8.42 Å². The number of carbonyl (C=O) groups is 1. The van der Waals surface area contributed by atoms with Crippen molar-refractivity contribution in [3.8, 4) is 0 Å². The summed E-state index contributed by atoms with van der Waals surface area (Å²) in [7, 11) is -3.20. The van der Waals surface area contributed by atoms with Crippen molar-refractivity contribution in [1.82, 2.24) is 4.31 Å². The molecule has 0 saturated heterocycles. The highest BCUT2D eigenvalue weighted by Crippen LogP contribution is 2.27. The van der Waals surface area contributed by atoms with E-state index in [1.165, 1.54) is 16.1 Å². The molecule has 1 heterocycles. The predicted molar refractivity (Wildman–Crippen MR) is 118 cm³/mol. The van der Waals surface area contributed by atoms with Crippen LogP contribution in [0, 0.1) is 0 Å². The van der Waals surface area contributed by atoms with Crippen LogP contribution < -0.4 is 10.6 Å². The molecular formula is C22H29N3O3S. The molecule has 1 amide bonds. The summed E-state index contributed by atoms with van der Waals surface area (Å²) in [5, 5.41) is 6.12. The highest BCUT2D eigenvalue weighted by atomic mass is 32.2. The van der Waals surface area contributed by atoms with Crippen molar-refractivity contribution in [2.45, 2.75) is 39.2 Å². The molecule has 156 valence electrons. The lowest BCUT2D eigenvalue weighted by Crippen LogP contribution is -2.35. The molecule has 3 rings (SSSR count). The second-order valence-electron chi connectivity index (χ2n) is 7.62. The monoisotopic (exact) mass is 415 g/mol. The van der Waals surface area contributed by atoms with Crippen LogP contribution in [0.3, 0.4) is 0 Å². The first-order valence-corrected chi connectivity index (χ1v) is 11.8. The number of nitrogens with zero attached hydrogens (tertiary/aromatic N) is 1. The molecule has 0 aliphatic carbocycles. The molecular weight excluding hydrogens is 386 g/mol. The quantitative estimate of drug-likeness (QED) is 0.725. The maximum absolute atomic E-state index is 12.4. The van der Waals surface area contributed by atoms with Crippen molar-refractivity contribution in [1.29, 1.82) is 0 Å². The maximum atomic E-state index is 12.4. The van der Waals surface area contributed by atoms with E-state index in [1.54, 1.807) is 0 Å². The molecule has 7 heteroatoms. The molecule has 0 fully saturated rings. The molecule has 1 atom stereocenters. The SMILES string of the molecule is CCC(C)c1ccc(NC(=O)CNc2cccc3c2CCN(S(C)(=O)=O)C3)cc1. The summed E-state index contributed by atoms with van der Waals surface area (Å²) in [5.74, 6) is 0.386. The Morgan fingerprint density at radius 1 is 1.17 bits per heavy atom. The van der Waals surface area contributed by atoms with Gasteiger partial charge in [0.25, 0.3) is 0 Å². The van der Waals surface area contributed by atoms with Crippen LogP contribution in [0.5, 0.6) is 0 Å². The molecule has 0 saturated carbocycles. The molecule has 2 aromatic rings. The van der Waals surface area contributed by atoms with Gasteiger partial charge >= 0.3 is 0 Å². The van der Waals surface area contributed by atoms with E-state index >= 15 is 0 Å². The third kappa shape index (κ3) is 5.36. The molecule has 6 nitrogen and oxygen atoms in total. The smallest absolute Gasteiger partial charge is 0.243 e. The summed E-state index contributed by atoms with van der Waals surface area (Å²) in [6.45, 7) is 5.33. The first kappa shape index (κ1) is 21.3. The third-order valence-electron chi connectivity index (χ3n) is 5.52. The molecule has 1 unspecified atom stereocenters. The summed E-state index contributed by atoms with van der Waals surface area (Å²) < 4.78 is 25.1. The molecule has 1 aliphatic heterocycles. The number of nitrogens with one attached hydrogen (secondary N) is 2. The van der Waals surface area contributed by atoms with Gasteiger partial charge in [0.05, 0.1) is 12.8 Å². The molecule has 29 heavy (non-hydrogen) atoms. The van der Waals surface area contributed by atoms with Crippen molar-refractivity contribution in [2.75, 3.05) is 30.0 Å². The summed E-state index contributed by atoms with van der Waals surface area (Å²) in [5.41, 5.74) is 4.99. The summed E-state index contributed by atoms with van der Waals surface area (Å²) in [6.07, 6.45) is 2.95. The van der Waals surface area contributed by atoms with Crippen LogP contribution in [0.2, 0.25) is 0 Å². The molecule has 1 aliphatic rings. The van der Waals surface area contributed by atoms with Crippen molar-refractivity contribution in [3.63, 3.8) is 0 Å². The van der Waals surface area contributed by atoms with Gasteiger partial charge < -0.3 is 10.6 Å². The fourth-order valence-electron chi connectivity index (χ4n) is 3.54. The first-order chi connectivity index (χ1) is 13.8. The number of fused-ring (bicyclic) bond motifs is 1. The van der Waals surface area contributed by atoms with Crippen LogP contribution in [0.25, 0.3) is 0 Å². The molecule has 0 spiro atoms. The number of rotatable bonds is 7. The number of sulfonamides is 1. The van der Waals surface area contributed by atoms with E-state index in [0.717, 1.165) is 28.9 Å². The Morgan fingerprint density at radius 2 is 1.90 bits per heavy atom. The van der Waals surface area contributed by atoms with Crippen molar-refractivity contribution >= 4 is 27.3 Å². The van der Waals surface area contributed by atoms with Crippen molar-refractivity contribution < 1.29 is 13.2 Å². The minimum absolute atomic E-state index is 0.118. The van der Waals surface area contributed by atoms with E-state index in [4.69, 9.17) is 0 Å². The Labute approximate surface area is 173 Å². The molecule has 2 aromatic carbocycles. The minimum atomic E-state index is -3.20. The van der Waals surface area contributed by atoms with Gasteiger partial charge in [-0.1, -0.05) is 38.1 Å². The standard InChI is InChI=1S/C22H29N3O3S/c1-4-16(2)17-8-10-19(11-9-17)24-22(26)14-23-21-7-5-6-18-15-25(29(3,27)28)13-12-20(18)21/h5-11,16,23H,4,12-15H2,1-3H3,(H,24,26). The van der Waals surface area contributed by atoms with Gasteiger partial charge in [0.1, 0.15) is 0 Å². The predicted octanol–water partition coefficient (Wildman–Crippen LogP) is 3.57. The van der Waals surface area contributed by atoms with Crippen LogP contribution in [0.1, 0.15) is 42.9 Å². The highest BCUT2D eigenvalue weighted by Gasteiger charge is 2.24. The Bertz CT molecular complexity index is 971. The zero-order valence-corrected chi connectivity index (χ0v) is 18.1. The minimum Gasteiger partial charge on any atom is -0.376 e. The second kappa shape index (κ2) is 8.97. The Kier molecular flexibility index (Phi) is 6.59. The van der Waals surface area contributed by atoms with Gasteiger partial charge in [0, 0.05) is 24.5 Å². The summed E-state index contributed by atoms with van der Waals surface area (Å²) >= 11 is 0. The van der Waals surface area contributed by atoms with E-state index in [0.29, 0.717) is 25.4 Å². The average molecular weight is 416 g/mol. The Hall–Kier alpha value is -2.38. The molecule has 0 radical (unpaired) electrons. The first-order valence-electron chi connectivity index (χ1n) is 9.97. The van der Waals surface area contributed by atoms with Crippen molar-refractivity contribution in [2.24, 2.45) is 0 Å². The fourth-order valence-corrected chi connectivity index (χ4v) is 4.34. The number of hydrogen-bond donors (Lipinski definition) is 2. The zero-order chi connectivity index (χ0) is 21.0. The summed E-state index contributed by atoms with van der Waals surface area (Å²) in [6, 6.07) is 13.7. The summed E-state index contributed by atoms with van der Waals surface area (Å²) in [4.78, 5) is 12.4. The van der Waals surface area contributed by atoms with Crippen LogP contribution in [0.4, 0.5) is 11.4 Å². The highest BCUT2D eigenvalue weighted by molar-refractivity contribution is 7.88. The topological polar surface area (TPSA) is 78.5 Å². The van der Waals surface area contributed by atoms with Gasteiger partial charge in [0.2, 0.25) is 15.9 Å². The average Bonchev–Trinajstić information content (AvgIpc) is 2.71. The number of amides is 1. The molecule has 0 aromatic heterocycles. The van der Waals surface area contributed by atoms with Gasteiger partial charge in [0.15, 0.2) is 0 Å². The number of benzene rings is 2. The zero-order valence-electron chi connectivity index (χ0n) is 17.2. The number of hydrogen-bond acceptors (Lipinski definition) is 4. The molecule has 0 bridgehead atoms. The van der Waals surface area contributed by atoms with Crippen LogP contribution >= 0.6 is 0 Å². The van der Waals surface area contributed by atoms with E-state index in [2.05, 4.69) is 36.6 Å². The van der Waals surface area contributed by atoms with Gasteiger partial charge in [-0.05, 0) is 53.6 Å².